The van der Waals surface area contributed by atoms with Gasteiger partial charge >= 0.3 is 0 Å². The van der Waals surface area contributed by atoms with Crippen molar-refractivity contribution in [2.45, 2.75) is 26.3 Å². The van der Waals surface area contributed by atoms with Gasteiger partial charge in [0.05, 0.1) is 6.04 Å². The van der Waals surface area contributed by atoms with Crippen LogP contribution in [-0.4, -0.2) is 0 Å². The number of benzene rings is 2. The minimum absolute atomic E-state index is 0.262. The van der Waals surface area contributed by atoms with Crippen molar-refractivity contribution in [3.05, 3.63) is 63.1 Å². The predicted molar refractivity (Wildman–Crippen MR) is 87.0 cm³/mol. The van der Waals surface area contributed by atoms with E-state index in [1.54, 1.807) is 0 Å². The lowest BCUT2D eigenvalue weighted by Gasteiger charge is -2.20. The van der Waals surface area contributed by atoms with Gasteiger partial charge in [0, 0.05) is 15.2 Å². The molecule has 0 aliphatic rings. The molecule has 2 aromatic rings. The second kappa shape index (κ2) is 6.44. The molecule has 0 saturated heterocycles. The molecule has 0 saturated carbocycles. The van der Waals surface area contributed by atoms with Crippen LogP contribution >= 0.6 is 27.5 Å². The third kappa shape index (κ3) is 3.74. The smallest absolute Gasteiger partial charge is 0.0512 e. The molecule has 0 bridgehead atoms. The molecule has 100 valence electrons. The van der Waals surface area contributed by atoms with Gasteiger partial charge < -0.3 is 5.32 Å². The first kappa shape index (κ1) is 14.4. The molecule has 1 N–H and O–H groups in total. The Morgan fingerprint density at radius 3 is 2.63 bits per heavy atom. The Bertz CT molecular complexity index is 568. The highest BCUT2D eigenvalue weighted by molar-refractivity contribution is 9.10. The third-order valence-electron chi connectivity index (χ3n) is 3.11. The SMILES string of the molecule is CCC(Nc1ccc(C)cc1Br)c1cccc(Cl)c1. The van der Waals surface area contributed by atoms with Gasteiger partial charge in [-0.15, -0.1) is 0 Å². The number of hydrogen-bond donors (Lipinski definition) is 1. The minimum atomic E-state index is 0.262. The lowest BCUT2D eigenvalue weighted by Crippen LogP contribution is -2.10. The monoisotopic (exact) mass is 337 g/mol. The number of nitrogens with one attached hydrogen (secondary N) is 1. The Hall–Kier alpha value is -0.990. The molecule has 2 aromatic carbocycles. The Balaban J connectivity index is 2.24. The highest BCUT2D eigenvalue weighted by Gasteiger charge is 2.11. The number of aryl methyl sites for hydroxylation is 1. The van der Waals surface area contributed by atoms with Gasteiger partial charge in [-0.25, -0.2) is 0 Å². The van der Waals surface area contributed by atoms with E-state index in [4.69, 9.17) is 11.6 Å². The van der Waals surface area contributed by atoms with Crippen molar-refractivity contribution in [2.75, 3.05) is 5.32 Å². The summed E-state index contributed by atoms with van der Waals surface area (Å²) in [6.45, 7) is 4.25. The van der Waals surface area contributed by atoms with Crippen molar-refractivity contribution in [1.82, 2.24) is 0 Å². The number of hydrogen-bond acceptors (Lipinski definition) is 1. The summed E-state index contributed by atoms with van der Waals surface area (Å²) in [5, 5.41) is 4.34. The maximum absolute atomic E-state index is 6.06. The van der Waals surface area contributed by atoms with Crippen LogP contribution in [0.1, 0.15) is 30.5 Å². The first-order valence-electron chi connectivity index (χ1n) is 6.38. The number of rotatable bonds is 4. The average molecular weight is 339 g/mol. The van der Waals surface area contributed by atoms with Crippen LogP contribution in [0.2, 0.25) is 5.02 Å². The van der Waals surface area contributed by atoms with Crippen LogP contribution in [0.5, 0.6) is 0 Å². The van der Waals surface area contributed by atoms with Gasteiger partial charge in [-0.3, -0.25) is 0 Å². The van der Waals surface area contributed by atoms with Crippen molar-refractivity contribution in [3.8, 4) is 0 Å². The largest absolute Gasteiger partial charge is 0.377 e. The average Bonchev–Trinajstić information content (AvgIpc) is 2.38. The molecule has 3 heteroatoms. The van der Waals surface area contributed by atoms with E-state index in [-0.39, 0.29) is 6.04 Å². The lowest BCUT2D eigenvalue weighted by molar-refractivity contribution is 0.749. The zero-order valence-electron chi connectivity index (χ0n) is 11.1. The van der Waals surface area contributed by atoms with Crippen molar-refractivity contribution >= 4 is 33.2 Å². The normalized spacial score (nSPS) is 12.2. The van der Waals surface area contributed by atoms with E-state index < -0.39 is 0 Å². The van der Waals surface area contributed by atoms with Crippen LogP contribution in [0.25, 0.3) is 0 Å². The van der Waals surface area contributed by atoms with Gasteiger partial charge in [0.15, 0.2) is 0 Å². The van der Waals surface area contributed by atoms with E-state index >= 15 is 0 Å². The Kier molecular flexibility index (Phi) is 4.89. The summed E-state index contributed by atoms with van der Waals surface area (Å²) < 4.78 is 1.09. The summed E-state index contributed by atoms with van der Waals surface area (Å²) in [6, 6.07) is 14.6. The Morgan fingerprint density at radius 1 is 1.21 bits per heavy atom. The quantitative estimate of drug-likeness (QED) is 0.723. The van der Waals surface area contributed by atoms with Gasteiger partial charge in [-0.05, 0) is 64.7 Å². The first-order valence-corrected chi connectivity index (χ1v) is 7.55. The molecule has 0 fully saturated rings. The summed E-state index contributed by atoms with van der Waals surface area (Å²) in [4.78, 5) is 0. The van der Waals surface area contributed by atoms with Crippen LogP contribution < -0.4 is 5.32 Å². The van der Waals surface area contributed by atoms with E-state index in [0.717, 1.165) is 21.6 Å². The molecule has 0 aliphatic carbocycles. The van der Waals surface area contributed by atoms with Gasteiger partial charge in [0.2, 0.25) is 0 Å². The van der Waals surface area contributed by atoms with Crippen LogP contribution in [0.3, 0.4) is 0 Å². The predicted octanol–water partition coefficient (Wildman–Crippen LogP) is 5.97. The van der Waals surface area contributed by atoms with Crippen LogP contribution in [0, 0.1) is 6.92 Å². The van der Waals surface area contributed by atoms with E-state index in [2.05, 4.69) is 59.4 Å². The van der Waals surface area contributed by atoms with Crippen molar-refractivity contribution in [3.63, 3.8) is 0 Å². The van der Waals surface area contributed by atoms with E-state index in [9.17, 15) is 0 Å². The van der Waals surface area contributed by atoms with Crippen molar-refractivity contribution in [2.24, 2.45) is 0 Å². The molecule has 0 radical (unpaired) electrons. The maximum Gasteiger partial charge on any atom is 0.0512 e. The highest BCUT2D eigenvalue weighted by atomic mass is 79.9. The molecule has 0 heterocycles. The van der Waals surface area contributed by atoms with Crippen molar-refractivity contribution in [1.29, 1.82) is 0 Å². The van der Waals surface area contributed by atoms with Crippen molar-refractivity contribution < 1.29 is 0 Å². The molecule has 0 aliphatic heterocycles. The number of halogens is 2. The molecule has 2 rings (SSSR count). The van der Waals surface area contributed by atoms with Gasteiger partial charge in [0.1, 0.15) is 0 Å². The zero-order chi connectivity index (χ0) is 13.8. The molecule has 1 atom stereocenters. The summed E-state index contributed by atoms with van der Waals surface area (Å²) in [7, 11) is 0. The van der Waals surface area contributed by atoms with Crippen LogP contribution in [0.15, 0.2) is 46.9 Å². The standard InChI is InChI=1S/C16H17BrClN/c1-3-15(12-5-4-6-13(18)10-12)19-16-8-7-11(2)9-14(16)17/h4-10,15,19H,3H2,1-2H3. The fourth-order valence-electron chi connectivity index (χ4n) is 2.07. The number of anilines is 1. The Morgan fingerprint density at radius 2 is 2.00 bits per heavy atom. The van der Waals surface area contributed by atoms with E-state index in [0.29, 0.717) is 0 Å². The Labute approximate surface area is 128 Å². The fraction of sp³-hybridized carbons (Fsp3) is 0.250. The summed E-state index contributed by atoms with van der Waals surface area (Å²) >= 11 is 9.67. The van der Waals surface area contributed by atoms with E-state index in [1.165, 1.54) is 11.1 Å². The molecule has 0 spiro atoms. The summed E-state index contributed by atoms with van der Waals surface area (Å²) in [6.07, 6.45) is 1.00. The topological polar surface area (TPSA) is 12.0 Å². The van der Waals surface area contributed by atoms with Gasteiger partial charge in [0.25, 0.3) is 0 Å². The minimum Gasteiger partial charge on any atom is -0.377 e. The van der Waals surface area contributed by atoms with Gasteiger partial charge in [-0.1, -0.05) is 36.7 Å². The zero-order valence-corrected chi connectivity index (χ0v) is 13.4. The lowest BCUT2D eigenvalue weighted by atomic mass is 10.0. The molecule has 0 aromatic heterocycles. The maximum atomic E-state index is 6.06. The second-order valence-corrected chi connectivity index (χ2v) is 5.93. The third-order valence-corrected chi connectivity index (χ3v) is 4.00. The summed E-state index contributed by atoms with van der Waals surface area (Å²) in [5.41, 5.74) is 3.56. The fourth-order valence-corrected chi connectivity index (χ4v) is 2.88. The van der Waals surface area contributed by atoms with Crippen LogP contribution in [0.4, 0.5) is 5.69 Å². The molecule has 1 unspecified atom stereocenters. The molecular weight excluding hydrogens is 322 g/mol. The van der Waals surface area contributed by atoms with Gasteiger partial charge in [-0.2, -0.15) is 0 Å². The van der Waals surface area contributed by atoms with E-state index in [1.807, 2.05) is 18.2 Å². The molecule has 1 nitrogen and oxygen atoms in total. The first-order chi connectivity index (χ1) is 9.10. The molecule has 0 amide bonds. The molecule has 19 heavy (non-hydrogen) atoms. The van der Waals surface area contributed by atoms with Crippen LogP contribution in [-0.2, 0) is 0 Å². The second-order valence-electron chi connectivity index (χ2n) is 4.64. The molecular formula is C16H17BrClN. The highest BCUT2D eigenvalue weighted by Crippen LogP contribution is 2.29. The summed E-state index contributed by atoms with van der Waals surface area (Å²) in [5.74, 6) is 0.